The normalized spacial score (nSPS) is 10.2. The highest BCUT2D eigenvalue weighted by Crippen LogP contribution is 2.19. The zero-order valence-electron chi connectivity index (χ0n) is 13.6. The minimum absolute atomic E-state index is 0.0226. The molecule has 0 bridgehead atoms. The standard InChI is InChI=1S/C17H13F3N2O5/c18-11-4-5-12(16(20)15(11)19)22-13(24)7-21-14(25)8-27-17(26)9-2-1-3-10(23)6-9/h1-6,23H,7-8H2,(H,21,25)(H,22,24). The van der Waals surface area contributed by atoms with Gasteiger partial charge in [0.15, 0.2) is 24.1 Å². The fourth-order valence-corrected chi connectivity index (χ4v) is 1.89. The Bertz CT molecular complexity index is 889. The molecule has 0 saturated carbocycles. The van der Waals surface area contributed by atoms with E-state index in [4.69, 9.17) is 4.74 Å². The molecule has 0 aliphatic rings. The van der Waals surface area contributed by atoms with Crippen molar-refractivity contribution in [2.45, 2.75) is 0 Å². The van der Waals surface area contributed by atoms with Crippen LogP contribution in [0.5, 0.6) is 5.75 Å². The summed E-state index contributed by atoms with van der Waals surface area (Å²) in [6.07, 6.45) is 0. The first-order chi connectivity index (χ1) is 12.8. The molecule has 142 valence electrons. The number of rotatable bonds is 6. The van der Waals surface area contributed by atoms with E-state index in [1.54, 1.807) is 0 Å². The fourth-order valence-electron chi connectivity index (χ4n) is 1.89. The number of nitrogens with one attached hydrogen (secondary N) is 2. The van der Waals surface area contributed by atoms with E-state index < -0.39 is 54.1 Å². The van der Waals surface area contributed by atoms with Crippen LogP contribution in [-0.2, 0) is 14.3 Å². The molecule has 0 heterocycles. The van der Waals surface area contributed by atoms with Crippen LogP contribution >= 0.6 is 0 Å². The number of ether oxygens (including phenoxy) is 1. The zero-order valence-corrected chi connectivity index (χ0v) is 13.6. The van der Waals surface area contributed by atoms with Crippen molar-refractivity contribution in [1.82, 2.24) is 5.32 Å². The zero-order chi connectivity index (χ0) is 20.0. The van der Waals surface area contributed by atoms with Gasteiger partial charge in [-0.25, -0.2) is 18.0 Å². The summed E-state index contributed by atoms with van der Waals surface area (Å²) in [4.78, 5) is 34.9. The number of amides is 2. The maximum absolute atomic E-state index is 13.4. The molecule has 0 aliphatic carbocycles. The molecule has 0 spiro atoms. The lowest BCUT2D eigenvalue weighted by molar-refractivity contribution is -0.126. The third kappa shape index (κ3) is 5.46. The number of phenolic OH excluding ortho intramolecular Hbond substituents is 1. The van der Waals surface area contributed by atoms with Crippen LogP contribution in [0.4, 0.5) is 18.9 Å². The van der Waals surface area contributed by atoms with Gasteiger partial charge in [-0.1, -0.05) is 6.07 Å². The van der Waals surface area contributed by atoms with Gasteiger partial charge in [0.2, 0.25) is 5.91 Å². The Morgan fingerprint density at radius 3 is 2.44 bits per heavy atom. The van der Waals surface area contributed by atoms with Crippen molar-refractivity contribution in [3.05, 3.63) is 59.4 Å². The molecule has 3 N–H and O–H groups in total. The monoisotopic (exact) mass is 382 g/mol. The summed E-state index contributed by atoms with van der Waals surface area (Å²) in [7, 11) is 0. The first kappa shape index (κ1) is 19.8. The highest BCUT2D eigenvalue weighted by molar-refractivity contribution is 5.95. The van der Waals surface area contributed by atoms with Crippen molar-refractivity contribution >= 4 is 23.5 Å². The van der Waals surface area contributed by atoms with Crippen molar-refractivity contribution in [3.63, 3.8) is 0 Å². The van der Waals surface area contributed by atoms with E-state index in [-0.39, 0.29) is 11.3 Å². The lowest BCUT2D eigenvalue weighted by Gasteiger charge is -2.09. The molecule has 27 heavy (non-hydrogen) atoms. The molecule has 7 nitrogen and oxygen atoms in total. The average Bonchev–Trinajstić information content (AvgIpc) is 2.65. The van der Waals surface area contributed by atoms with Gasteiger partial charge in [-0.3, -0.25) is 9.59 Å². The Balaban J connectivity index is 1.79. The minimum Gasteiger partial charge on any atom is -0.508 e. The second kappa shape index (κ2) is 8.70. The van der Waals surface area contributed by atoms with Gasteiger partial charge in [-0.15, -0.1) is 0 Å². The molecule has 0 saturated heterocycles. The fraction of sp³-hybridized carbons (Fsp3) is 0.118. The number of anilines is 1. The van der Waals surface area contributed by atoms with E-state index in [1.807, 2.05) is 5.32 Å². The van der Waals surface area contributed by atoms with Crippen LogP contribution in [0, 0.1) is 17.5 Å². The number of carbonyl (C=O) groups excluding carboxylic acids is 3. The smallest absolute Gasteiger partial charge is 0.338 e. The molecule has 0 fully saturated rings. The molecule has 0 unspecified atom stereocenters. The van der Waals surface area contributed by atoms with E-state index in [0.29, 0.717) is 6.07 Å². The summed E-state index contributed by atoms with van der Waals surface area (Å²) < 4.78 is 44.0. The number of halogens is 3. The largest absolute Gasteiger partial charge is 0.508 e. The van der Waals surface area contributed by atoms with Crippen molar-refractivity contribution in [2.24, 2.45) is 0 Å². The van der Waals surface area contributed by atoms with E-state index in [9.17, 15) is 32.7 Å². The second-order valence-corrected chi connectivity index (χ2v) is 5.17. The lowest BCUT2D eigenvalue weighted by atomic mass is 10.2. The van der Waals surface area contributed by atoms with Gasteiger partial charge in [0, 0.05) is 0 Å². The number of phenols is 1. The minimum atomic E-state index is -1.74. The van der Waals surface area contributed by atoms with Gasteiger partial charge in [-0.05, 0) is 30.3 Å². The second-order valence-electron chi connectivity index (χ2n) is 5.17. The van der Waals surface area contributed by atoms with Crippen molar-refractivity contribution in [2.75, 3.05) is 18.5 Å². The van der Waals surface area contributed by atoms with Crippen molar-refractivity contribution in [1.29, 1.82) is 0 Å². The van der Waals surface area contributed by atoms with Gasteiger partial charge in [0.1, 0.15) is 5.75 Å². The molecule has 2 amide bonds. The number of hydrogen-bond acceptors (Lipinski definition) is 5. The molecule has 0 atom stereocenters. The highest BCUT2D eigenvalue weighted by Gasteiger charge is 2.16. The van der Waals surface area contributed by atoms with Crippen LogP contribution < -0.4 is 10.6 Å². The van der Waals surface area contributed by atoms with Crippen LogP contribution in [-0.4, -0.2) is 36.0 Å². The van der Waals surface area contributed by atoms with Crippen LogP contribution in [0.25, 0.3) is 0 Å². The number of esters is 1. The predicted molar refractivity (Wildman–Crippen MR) is 86.3 cm³/mol. The summed E-state index contributed by atoms with van der Waals surface area (Å²) in [5.41, 5.74) is -0.571. The first-order valence-corrected chi connectivity index (χ1v) is 7.44. The van der Waals surface area contributed by atoms with E-state index >= 15 is 0 Å². The van der Waals surface area contributed by atoms with Gasteiger partial charge >= 0.3 is 5.97 Å². The quantitative estimate of drug-likeness (QED) is 0.521. The Kier molecular flexibility index (Phi) is 6.36. The molecule has 0 radical (unpaired) electrons. The summed E-state index contributed by atoms with van der Waals surface area (Å²) >= 11 is 0. The number of carbonyl (C=O) groups is 3. The first-order valence-electron chi connectivity index (χ1n) is 7.44. The number of benzene rings is 2. The van der Waals surface area contributed by atoms with Crippen LogP contribution in [0.3, 0.4) is 0 Å². The molecule has 10 heteroatoms. The molecule has 2 rings (SSSR count). The molecule has 2 aromatic carbocycles. The van der Waals surface area contributed by atoms with Crippen LogP contribution in [0.2, 0.25) is 0 Å². The third-order valence-electron chi connectivity index (χ3n) is 3.17. The van der Waals surface area contributed by atoms with Gasteiger partial charge in [-0.2, -0.15) is 0 Å². The Morgan fingerprint density at radius 1 is 1.00 bits per heavy atom. The Labute approximate surface area is 150 Å². The third-order valence-corrected chi connectivity index (χ3v) is 3.17. The summed E-state index contributed by atoms with van der Waals surface area (Å²) in [5, 5.41) is 13.3. The highest BCUT2D eigenvalue weighted by atomic mass is 19.2. The predicted octanol–water partition coefficient (Wildman–Crippen LogP) is 1.72. The molecule has 0 aromatic heterocycles. The van der Waals surface area contributed by atoms with Crippen LogP contribution in [0.1, 0.15) is 10.4 Å². The van der Waals surface area contributed by atoms with Crippen LogP contribution in [0.15, 0.2) is 36.4 Å². The van der Waals surface area contributed by atoms with Crippen molar-refractivity contribution in [3.8, 4) is 5.75 Å². The molecule has 2 aromatic rings. The van der Waals surface area contributed by atoms with E-state index in [0.717, 1.165) is 12.1 Å². The van der Waals surface area contributed by atoms with Gasteiger partial charge < -0.3 is 20.5 Å². The summed E-state index contributed by atoms with van der Waals surface area (Å²) in [5.74, 6) is -7.49. The number of aromatic hydroxyl groups is 1. The average molecular weight is 382 g/mol. The molecule has 0 aliphatic heterocycles. The SMILES string of the molecule is O=C(COC(=O)c1cccc(O)c1)NCC(=O)Nc1ccc(F)c(F)c1F. The Hall–Kier alpha value is -3.56. The van der Waals surface area contributed by atoms with Gasteiger partial charge in [0.05, 0.1) is 17.8 Å². The van der Waals surface area contributed by atoms with E-state index in [2.05, 4.69) is 5.32 Å². The maximum atomic E-state index is 13.4. The van der Waals surface area contributed by atoms with Gasteiger partial charge in [0.25, 0.3) is 5.91 Å². The van der Waals surface area contributed by atoms with Crippen molar-refractivity contribution < 1.29 is 37.4 Å². The summed E-state index contributed by atoms with van der Waals surface area (Å²) in [6.45, 7) is -1.33. The molecular formula is C17H13F3N2O5. The molecular weight excluding hydrogens is 369 g/mol. The Morgan fingerprint density at radius 2 is 1.74 bits per heavy atom. The topological polar surface area (TPSA) is 105 Å². The number of hydrogen-bond donors (Lipinski definition) is 3. The maximum Gasteiger partial charge on any atom is 0.338 e. The summed E-state index contributed by atoms with van der Waals surface area (Å²) in [6, 6.07) is 6.72. The lowest BCUT2D eigenvalue weighted by Crippen LogP contribution is -2.35. The van der Waals surface area contributed by atoms with E-state index in [1.165, 1.54) is 18.2 Å².